The van der Waals surface area contributed by atoms with Crippen molar-refractivity contribution in [1.29, 1.82) is 0 Å². The van der Waals surface area contributed by atoms with Crippen LogP contribution in [0.4, 0.5) is 5.69 Å². The zero-order valence-corrected chi connectivity index (χ0v) is 26.8. The number of nitrogens with one attached hydrogen (secondary N) is 1. The fraction of sp³-hybridized carbons (Fsp3) is 0.750. The molecular weight excluding hydrogens is 490 g/mol. The molecule has 7 heteroatoms. The molecule has 4 nitrogen and oxygen atoms in total. The van der Waals surface area contributed by atoms with Gasteiger partial charge in [-0.1, -0.05) is 59.7 Å². The van der Waals surface area contributed by atoms with Gasteiger partial charge in [-0.2, -0.15) is 0 Å². The number of alkyl halides is 1. The van der Waals surface area contributed by atoms with E-state index in [0.717, 1.165) is 31.4 Å². The van der Waals surface area contributed by atoms with Crippen LogP contribution < -0.4 is 5.32 Å². The summed E-state index contributed by atoms with van der Waals surface area (Å²) in [5.74, 6) is 0.195. The van der Waals surface area contributed by atoms with E-state index in [1.54, 1.807) is 0 Å². The second-order valence-electron chi connectivity index (χ2n) is 13.4. The second kappa shape index (κ2) is 11.0. The van der Waals surface area contributed by atoms with Gasteiger partial charge in [0.2, 0.25) is 0 Å². The Morgan fingerprint density at radius 1 is 0.914 bits per heavy atom. The first-order chi connectivity index (χ1) is 16.0. The predicted octanol–water partition coefficient (Wildman–Crippen LogP) is 8.25. The fourth-order valence-electron chi connectivity index (χ4n) is 4.35. The third-order valence-corrected chi connectivity index (χ3v) is 17.7. The summed E-state index contributed by atoms with van der Waals surface area (Å²) in [5, 5.41) is 3.70. The van der Waals surface area contributed by atoms with E-state index in [-0.39, 0.29) is 33.7 Å². The third-order valence-electron chi connectivity index (χ3n) is 8.71. The van der Waals surface area contributed by atoms with Gasteiger partial charge in [-0.05, 0) is 74.1 Å². The van der Waals surface area contributed by atoms with Crippen LogP contribution in [0.5, 0.6) is 0 Å². The molecule has 2 fully saturated rings. The smallest absolute Gasteiger partial charge is 0.192 e. The number of para-hydroxylation sites is 1. The summed E-state index contributed by atoms with van der Waals surface area (Å²) >= 11 is 4.64. The van der Waals surface area contributed by atoms with Crippen molar-refractivity contribution in [3.8, 4) is 0 Å². The average Bonchev–Trinajstić information content (AvgIpc) is 3.43. The van der Waals surface area contributed by atoms with E-state index in [4.69, 9.17) is 8.85 Å². The van der Waals surface area contributed by atoms with Crippen molar-refractivity contribution in [2.45, 2.75) is 121 Å². The molecule has 0 heterocycles. The number of carbonyl (C=O) groups is 1. The lowest BCUT2D eigenvalue weighted by Crippen LogP contribution is -2.56. The van der Waals surface area contributed by atoms with Crippen LogP contribution in [-0.4, -0.2) is 46.5 Å². The Morgan fingerprint density at radius 3 is 1.89 bits per heavy atom. The minimum atomic E-state index is -2.09. The van der Waals surface area contributed by atoms with Gasteiger partial charge in [0.05, 0.1) is 17.7 Å². The molecule has 2 aliphatic carbocycles. The molecular formula is C28H50ClNO3Si2. The van der Waals surface area contributed by atoms with Crippen molar-refractivity contribution < 1.29 is 13.6 Å². The highest BCUT2D eigenvalue weighted by molar-refractivity contribution is 6.74. The number of hydrogen-bond acceptors (Lipinski definition) is 4. The number of Topliss-reactive ketones (excluding diaryl/α,β-unsaturated/α-hetero) is 1. The molecule has 3 unspecified atom stereocenters. The van der Waals surface area contributed by atoms with Crippen LogP contribution in [0, 0.1) is 5.92 Å². The summed E-state index contributed by atoms with van der Waals surface area (Å²) in [7, 11) is -4.09. The summed E-state index contributed by atoms with van der Waals surface area (Å²) in [6, 6.07) is 9.94. The lowest BCUT2D eigenvalue weighted by Gasteiger charge is -2.47. The molecule has 0 bridgehead atoms. The Morgan fingerprint density at radius 2 is 1.43 bits per heavy atom. The van der Waals surface area contributed by atoms with Crippen LogP contribution in [0.25, 0.3) is 0 Å². The first-order valence-corrected chi connectivity index (χ1v) is 19.7. The SMILES string of the molecule is CC(C)(C)[Si](C)(C)OC(C1CCC(Nc2ccccc2)C1=O)C1(O[Si](C)(C)C(C)(C)C)CC1.CCl. The summed E-state index contributed by atoms with van der Waals surface area (Å²) in [4.78, 5) is 13.8. The average molecular weight is 540 g/mol. The Balaban J connectivity index is 0.00000210. The van der Waals surface area contributed by atoms with E-state index in [0.29, 0.717) is 5.78 Å². The lowest BCUT2D eigenvalue weighted by molar-refractivity contribution is -0.127. The van der Waals surface area contributed by atoms with Crippen LogP contribution in [0.2, 0.25) is 36.3 Å². The zero-order chi connectivity index (χ0) is 26.9. The Bertz CT molecular complexity index is 842. The molecule has 3 rings (SSSR count). The van der Waals surface area contributed by atoms with Crippen LogP contribution in [-0.2, 0) is 13.6 Å². The molecule has 35 heavy (non-hydrogen) atoms. The Hall–Kier alpha value is -0.666. The largest absolute Gasteiger partial charge is 0.410 e. The van der Waals surface area contributed by atoms with Crippen LogP contribution in [0.1, 0.15) is 67.2 Å². The van der Waals surface area contributed by atoms with E-state index < -0.39 is 16.6 Å². The van der Waals surface area contributed by atoms with Crippen molar-refractivity contribution in [2.75, 3.05) is 11.7 Å². The van der Waals surface area contributed by atoms with Crippen molar-refractivity contribution in [3.05, 3.63) is 30.3 Å². The highest BCUT2D eigenvalue weighted by Crippen LogP contribution is 2.55. The summed E-state index contributed by atoms with van der Waals surface area (Å²) in [5.41, 5.74) is 0.706. The molecule has 2 saturated carbocycles. The highest BCUT2D eigenvalue weighted by atomic mass is 35.5. The van der Waals surface area contributed by atoms with Crippen molar-refractivity contribution in [3.63, 3.8) is 0 Å². The van der Waals surface area contributed by atoms with Crippen molar-refractivity contribution in [2.24, 2.45) is 5.92 Å². The molecule has 0 amide bonds. The number of rotatable bonds is 8. The van der Waals surface area contributed by atoms with Gasteiger partial charge in [0.25, 0.3) is 0 Å². The first-order valence-electron chi connectivity index (χ1n) is 13.1. The number of hydrogen-bond donors (Lipinski definition) is 1. The number of halogens is 1. The van der Waals surface area contributed by atoms with Gasteiger partial charge in [0.1, 0.15) is 0 Å². The maximum Gasteiger partial charge on any atom is 0.192 e. The minimum absolute atomic E-state index is 0.0850. The molecule has 0 saturated heterocycles. The Labute approximate surface area is 222 Å². The van der Waals surface area contributed by atoms with Crippen LogP contribution in [0.15, 0.2) is 30.3 Å². The molecule has 1 aromatic rings. The number of carbonyl (C=O) groups excluding carboxylic acids is 1. The van der Waals surface area contributed by atoms with E-state index >= 15 is 0 Å². The van der Waals surface area contributed by atoms with Gasteiger partial charge < -0.3 is 14.2 Å². The van der Waals surface area contributed by atoms with Gasteiger partial charge in [0, 0.05) is 18.0 Å². The molecule has 2 aliphatic rings. The van der Waals surface area contributed by atoms with Gasteiger partial charge in [0.15, 0.2) is 22.4 Å². The number of anilines is 1. The monoisotopic (exact) mass is 539 g/mol. The normalized spacial score (nSPS) is 23.4. The molecule has 1 aromatic carbocycles. The van der Waals surface area contributed by atoms with Crippen LogP contribution in [0.3, 0.4) is 0 Å². The molecule has 0 aromatic heterocycles. The van der Waals surface area contributed by atoms with Gasteiger partial charge in [-0.15, -0.1) is 11.6 Å². The molecule has 1 N–H and O–H groups in total. The number of benzene rings is 1. The molecule has 3 atom stereocenters. The summed E-state index contributed by atoms with van der Waals surface area (Å²) < 4.78 is 14.2. The van der Waals surface area contributed by atoms with E-state index in [9.17, 15) is 4.79 Å². The van der Waals surface area contributed by atoms with Crippen molar-refractivity contribution in [1.82, 2.24) is 0 Å². The quantitative estimate of drug-likeness (QED) is 0.267. The minimum Gasteiger partial charge on any atom is -0.410 e. The highest BCUT2D eigenvalue weighted by Gasteiger charge is 2.62. The molecule has 0 aliphatic heterocycles. The second-order valence-corrected chi connectivity index (χ2v) is 22.9. The van der Waals surface area contributed by atoms with Crippen LogP contribution >= 0.6 is 11.6 Å². The summed E-state index contributed by atoms with van der Waals surface area (Å²) in [6.07, 6.45) is 5.04. The molecule has 0 spiro atoms. The zero-order valence-electron chi connectivity index (χ0n) is 24.0. The lowest BCUT2D eigenvalue weighted by atomic mass is 9.93. The molecule has 0 radical (unpaired) electrons. The van der Waals surface area contributed by atoms with Gasteiger partial charge in [-0.25, -0.2) is 0 Å². The third kappa shape index (κ3) is 7.01. The number of ketones is 1. The fourth-order valence-corrected chi connectivity index (χ4v) is 7.36. The van der Waals surface area contributed by atoms with E-state index in [2.05, 4.69) is 84.6 Å². The first kappa shape index (κ1) is 30.6. The van der Waals surface area contributed by atoms with E-state index in [1.165, 1.54) is 6.38 Å². The standard InChI is InChI=1S/C27H47NO3Si2.CH3Cl/c1-25(2,3)32(7,8)30-24(27(18-19-27)31-33(9,10)26(4,5)6)21-16-17-22(23(21)29)28-20-14-12-11-13-15-20;1-2/h11-15,21-22,24,28H,16-19H2,1-10H3;1H3. The Kier molecular flexibility index (Phi) is 9.59. The van der Waals surface area contributed by atoms with Crippen molar-refractivity contribution >= 4 is 39.7 Å². The maximum atomic E-state index is 13.8. The van der Waals surface area contributed by atoms with Gasteiger partial charge in [-0.3, -0.25) is 4.79 Å². The summed E-state index contributed by atoms with van der Waals surface area (Å²) in [6.45, 7) is 23.0. The topological polar surface area (TPSA) is 47.6 Å². The predicted molar refractivity (Wildman–Crippen MR) is 156 cm³/mol. The molecule has 200 valence electrons. The van der Waals surface area contributed by atoms with E-state index in [1.807, 2.05) is 30.3 Å². The van der Waals surface area contributed by atoms with Gasteiger partial charge >= 0.3 is 0 Å². The maximum absolute atomic E-state index is 13.8.